The zero-order chi connectivity index (χ0) is 15.8. The van der Waals surface area contributed by atoms with Crippen molar-refractivity contribution in [2.24, 2.45) is 0 Å². The van der Waals surface area contributed by atoms with E-state index in [1.54, 1.807) is 24.5 Å². The first-order chi connectivity index (χ1) is 10.7. The van der Waals surface area contributed by atoms with Crippen LogP contribution < -0.4 is 10.6 Å². The largest absolute Gasteiger partial charge is 0.351 e. The fraction of sp³-hybridized carbons (Fsp3) is 0.429. The molecule has 8 heteroatoms. The van der Waals surface area contributed by atoms with Gasteiger partial charge in [-0.3, -0.25) is 19.8 Å². The number of aromatic nitrogens is 4. The summed E-state index contributed by atoms with van der Waals surface area (Å²) >= 11 is 0. The molecule has 0 spiro atoms. The summed E-state index contributed by atoms with van der Waals surface area (Å²) in [7, 11) is 0. The number of amides is 2. The molecule has 2 aromatic heterocycles. The summed E-state index contributed by atoms with van der Waals surface area (Å²) in [5.74, 6) is -0.310. The highest BCUT2D eigenvalue weighted by Crippen LogP contribution is 2.02. The molecule has 8 nitrogen and oxygen atoms in total. The van der Waals surface area contributed by atoms with Gasteiger partial charge in [0.25, 0.3) is 11.8 Å². The summed E-state index contributed by atoms with van der Waals surface area (Å²) in [5, 5.41) is 18.4. The Morgan fingerprint density at radius 2 is 1.73 bits per heavy atom. The van der Waals surface area contributed by atoms with Gasteiger partial charge in [0.05, 0.1) is 0 Å². The monoisotopic (exact) mass is 304 g/mol. The Morgan fingerprint density at radius 1 is 1.09 bits per heavy atom. The number of aromatic amines is 2. The van der Waals surface area contributed by atoms with Crippen molar-refractivity contribution in [1.82, 2.24) is 31.0 Å². The minimum atomic E-state index is -0.155. The maximum Gasteiger partial charge on any atom is 0.269 e. The summed E-state index contributed by atoms with van der Waals surface area (Å²) in [4.78, 5) is 23.4. The third kappa shape index (κ3) is 4.72. The van der Waals surface area contributed by atoms with E-state index in [9.17, 15) is 9.59 Å². The Kier molecular flexibility index (Phi) is 5.70. The number of rotatable bonds is 8. The Labute approximate surface area is 128 Å². The van der Waals surface area contributed by atoms with Crippen LogP contribution in [0.2, 0.25) is 0 Å². The standard InChI is InChI=1S/C14H20N6O2/c1-10(18-14(22)12-6-9-17-20-12)4-2-3-7-15-13(21)11-5-8-16-19-11/h5-6,8-10H,2-4,7H2,1H3,(H,15,21)(H,16,19)(H,17,20)(H,18,22)/t10-/m0/s1. The summed E-state index contributed by atoms with van der Waals surface area (Å²) < 4.78 is 0. The van der Waals surface area contributed by atoms with Crippen LogP contribution in [-0.2, 0) is 0 Å². The zero-order valence-electron chi connectivity index (χ0n) is 12.4. The van der Waals surface area contributed by atoms with Crippen molar-refractivity contribution < 1.29 is 9.59 Å². The maximum atomic E-state index is 11.8. The first-order valence-corrected chi connectivity index (χ1v) is 7.24. The predicted molar refractivity (Wildman–Crippen MR) is 80.3 cm³/mol. The molecule has 0 unspecified atom stereocenters. The minimum absolute atomic E-state index is 0.0686. The number of H-pyrrole nitrogens is 2. The van der Waals surface area contributed by atoms with Gasteiger partial charge < -0.3 is 10.6 Å². The fourth-order valence-electron chi connectivity index (χ4n) is 2.01. The molecular formula is C14H20N6O2. The van der Waals surface area contributed by atoms with E-state index in [4.69, 9.17) is 0 Å². The van der Waals surface area contributed by atoms with Crippen LogP contribution in [0.1, 0.15) is 47.2 Å². The van der Waals surface area contributed by atoms with E-state index in [0.717, 1.165) is 19.3 Å². The highest BCUT2D eigenvalue weighted by molar-refractivity contribution is 5.92. The highest BCUT2D eigenvalue weighted by atomic mass is 16.2. The molecule has 4 N–H and O–H groups in total. The number of hydrogen-bond donors (Lipinski definition) is 4. The second-order valence-electron chi connectivity index (χ2n) is 5.07. The Hall–Kier alpha value is -2.64. The van der Waals surface area contributed by atoms with Crippen LogP contribution in [0.5, 0.6) is 0 Å². The topological polar surface area (TPSA) is 116 Å². The quantitative estimate of drug-likeness (QED) is 0.541. The van der Waals surface area contributed by atoms with Gasteiger partial charge >= 0.3 is 0 Å². The third-order valence-corrected chi connectivity index (χ3v) is 3.22. The molecule has 0 aromatic carbocycles. The molecule has 2 aromatic rings. The predicted octanol–water partition coefficient (Wildman–Crippen LogP) is 0.851. The second-order valence-corrected chi connectivity index (χ2v) is 5.07. The Bertz CT molecular complexity index is 579. The van der Waals surface area contributed by atoms with Gasteiger partial charge in [0.15, 0.2) is 0 Å². The lowest BCUT2D eigenvalue weighted by Crippen LogP contribution is -2.33. The third-order valence-electron chi connectivity index (χ3n) is 3.22. The molecule has 0 bridgehead atoms. The molecule has 0 radical (unpaired) electrons. The van der Waals surface area contributed by atoms with Crippen LogP contribution in [0.25, 0.3) is 0 Å². The molecule has 0 aliphatic heterocycles. The first kappa shape index (κ1) is 15.7. The van der Waals surface area contributed by atoms with E-state index in [2.05, 4.69) is 31.0 Å². The number of carbonyl (C=O) groups excluding carboxylic acids is 2. The molecule has 118 valence electrons. The fourth-order valence-corrected chi connectivity index (χ4v) is 2.01. The van der Waals surface area contributed by atoms with Gasteiger partial charge in [0.2, 0.25) is 0 Å². The van der Waals surface area contributed by atoms with Crippen molar-refractivity contribution in [3.63, 3.8) is 0 Å². The van der Waals surface area contributed by atoms with Crippen molar-refractivity contribution in [2.75, 3.05) is 6.54 Å². The number of carbonyl (C=O) groups is 2. The summed E-state index contributed by atoms with van der Waals surface area (Å²) in [6.45, 7) is 2.55. The summed E-state index contributed by atoms with van der Waals surface area (Å²) in [5.41, 5.74) is 0.916. The van der Waals surface area contributed by atoms with E-state index in [1.165, 1.54) is 0 Å². The van der Waals surface area contributed by atoms with Gasteiger partial charge in [-0.25, -0.2) is 0 Å². The number of unbranched alkanes of at least 4 members (excludes halogenated alkanes) is 1. The average Bonchev–Trinajstić information content (AvgIpc) is 3.19. The molecule has 1 atom stereocenters. The molecule has 2 amide bonds. The van der Waals surface area contributed by atoms with Crippen LogP contribution in [-0.4, -0.2) is 44.8 Å². The number of nitrogens with one attached hydrogen (secondary N) is 4. The molecule has 22 heavy (non-hydrogen) atoms. The Balaban J connectivity index is 1.56. The Morgan fingerprint density at radius 3 is 2.32 bits per heavy atom. The maximum absolute atomic E-state index is 11.8. The molecule has 0 fully saturated rings. The van der Waals surface area contributed by atoms with Crippen LogP contribution in [0.4, 0.5) is 0 Å². The average molecular weight is 304 g/mol. The van der Waals surface area contributed by atoms with Gasteiger partial charge in [-0.1, -0.05) is 0 Å². The van der Waals surface area contributed by atoms with Crippen molar-refractivity contribution >= 4 is 11.8 Å². The lowest BCUT2D eigenvalue weighted by molar-refractivity contribution is 0.0931. The van der Waals surface area contributed by atoms with E-state index < -0.39 is 0 Å². The lowest BCUT2D eigenvalue weighted by Gasteiger charge is -2.13. The van der Waals surface area contributed by atoms with E-state index >= 15 is 0 Å². The van der Waals surface area contributed by atoms with E-state index in [0.29, 0.717) is 17.9 Å². The smallest absolute Gasteiger partial charge is 0.269 e. The number of hydrogen-bond acceptors (Lipinski definition) is 4. The van der Waals surface area contributed by atoms with Gasteiger partial charge in [-0.05, 0) is 38.3 Å². The molecule has 0 saturated heterocycles. The van der Waals surface area contributed by atoms with Crippen molar-refractivity contribution in [3.8, 4) is 0 Å². The molecule has 0 aliphatic carbocycles. The lowest BCUT2D eigenvalue weighted by atomic mass is 10.1. The normalized spacial score (nSPS) is 11.9. The van der Waals surface area contributed by atoms with Crippen LogP contribution in [0.3, 0.4) is 0 Å². The summed E-state index contributed by atoms with van der Waals surface area (Å²) in [6.07, 6.45) is 5.69. The minimum Gasteiger partial charge on any atom is -0.351 e. The van der Waals surface area contributed by atoms with E-state index in [1.807, 2.05) is 6.92 Å². The van der Waals surface area contributed by atoms with Crippen molar-refractivity contribution in [1.29, 1.82) is 0 Å². The van der Waals surface area contributed by atoms with Crippen LogP contribution in [0, 0.1) is 0 Å². The van der Waals surface area contributed by atoms with Gasteiger partial charge in [0.1, 0.15) is 11.4 Å². The van der Waals surface area contributed by atoms with Crippen LogP contribution in [0.15, 0.2) is 24.5 Å². The summed E-state index contributed by atoms with van der Waals surface area (Å²) in [6, 6.07) is 3.33. The molecule has 0 aliphatic rings. The van der Waals surface area contributed by atoms with Gasteiger partial charge in [-0.2, -0.15) is 10.2 Å². The van der Waals surface area contributed by atoms with Crippen LogP contribution >= 0.6 is 0 Å². The SMILES string of the molecule is C[C@@H](CCCCNC(=O)c1ccn[nH]1)NC(=O)c1ccn[nH]1. The second kappa shape index (κ2) is 7.96. The number of nitrogens with zero attached hydrogens (tertiary/aromatic N) is 2. The molecule has 0 saturated carbocycles. The molecule has 2 heterocycles. The van der Waals surface area contributed by atoms with Crippen molar-refractivity contribution in [3.05, 3.63) is 35.9 Å². The zero-order valence-corrected chi connectivity index (χ0v) is 12.4. The van der Waals surface area contributed by atoms with Gasteiger partial charge in [0, 0.05) is 25.0 Å². The van der Waals surface area contributed by atoms with E-state index in [-0.39, 0.29) is 17.9 Å². The molecule has 2 rings (SSSR count). The van der Waals surface area contributed by atoms with Gasteiger partial charge in [-0.15, -0.1) is 0 Å². The molecular weight excluding hydrogens is 284 g/mol. The van der Waals surface area contributed by atoms with Crippen molar-refractivity contribution in [2.45, 2.75) is 32.2 Å². The first-order valence-electron chi connectivity index (χ1n) is 7.24. The highest BCUT2D eigenvalue weighted by Gasteiger charge is 2.10.